The summed E-state index contributed by atoms with van der Waals surface area (Å²) in [5.41, 5.74) is 7.18. The lowest BCUT2D eigenvalue weighted by Crippen LogP contribution is -2.54. The SMILES string of the molecule is CSCC[C@H](NC(=O)[C@H](Cc1ccc(O)cc1)NC(=O)CNC(=O)CNC(=O)[C@@H](N)Cc1ccc(O)cc1)C(=O)O.Cl. The Hall–Kier alpha value is -4.01. The van der Waals surface area contributed by atoms with Gasteiger partial charge in [-0.05, 0) is 60.2 Å². The quantitative estimate of drug-likeness (QED) is 0.121. The third-order valence-electron chi connectivity index (χ3n) is 5.85. The van der Waals surface area contributed by atoms with E-state index in [2.05, 4.69) is 21.3 Å². The smallest absolute Gasteiger partial charge is 0.326 e. The lowest BCUT2D eigenvalue weighted by molar-refractivity contribution is -0.142. The summed E-state index contributed by atoms with van der Waals surface area (Å²) in [6, 6.07) is 8.84. The molecule has 2 aromatic rings. The number of halogens is 1. The number of benzene rings is 2. The number of carbonyl (C=O) groups excluding carboxylic acids is 4. The Morgan fingerprint density at radius 1 is 0.762 bits per heavy atom. The lowest BCUT2D eigenvalue weighted by atomic mass is 10.0. The molecule has 15 heteroatoms. The molecule has 230 valence electrons. The van der Waals surface area contributed by atoms with Crippen LogP contribution in [-0.4, -0.2) is 88.1 Å². The number of carbonyl (C=O) groups is 5. The van der Waals surface area contributed by atoms with Gasteiger partial charge in [-0.2, -0.15) is 11.8 Å². The monoisotopic (exact) mass is 625 g/mol. The Bertz CT molecular complexity index is 1200. The number of rotatable bonds is 16. The maximum absolute atomic E-state index is 13.0. The van der Waals surface area contributed by atoms with Gasteiger partial charge in [-0.25, -0.2) is 4.79 Å². The number of amides is 4. The second kappa shape index (κ2) is 18.4. The highest BCUT2D eigenvalue weighted by Gasteiger charge is 2.27. The standard InChI is InChI=1S/C27H35N5O8S.ClH/c1-41-11-10-21(27(39)40)32-26(38)22(13-17-4-8-19(34)9-5-17)31-24(36)15-29-23(35)14-30-25(37)20(28)12-16-2-6-18(33)7-3-16;/h2-9,20-22,33-34H,10-15,28H2,1H3,(H,29,35)(H,30,37)(H,31,36)(H,32,38)(H,39,40);1H/t20-,21-,22-;/m0./s1. The fourth-order valence-electron chi connectivity index (χ4n) is 3.61. The van der Waals surface area contributed by atoms with Gasteiger partial charge in [0.1, 0.15) is 23.6 Å². The summed E-state index contributed by atoms with van der Waals surface area (Å²) in [6.07, 6.45) is 2.17. The summed E-state index contributed by atoms with van der Waals surface area (Å²) in [4.78, 5) is 61.5. The molecule has 2 aromatic carbocycles. The summed E-state index contributed by atoms with van der Waals surface area (Å²) in [7, 11) is 0. The Labute approximate surface area is 253 Å². The van der Waals surface area contributed by atoms with Gasteiger partial charge in [0, 0.05) is 6.42 Å². The van der Waals surface area contributed by atoms with Crippen molar-refractivity contribution in [3.8, 4) is 11.5 Å². The number of thioether (sulfide) groups is 1. The predicted molar refractivity (Wildman–Crippen MR) is 159 cm³/mol. The van der Waals surface area contributed by atoms with Crippen molar-refractivity contribution in [2.24, 2.45) is 5.73 Å². The zero-order chi connectivity index (χ0) is 30.4. The van der Waals surface area contributed by atoms with E-state index < -0.39 is 60.8 Å². The molecule has 0 spiro atoms. The molecular formula is C27H36ClN5O8S. The fraction of sp³-hybridized carbons (Fsp3) is 0.370. The number of phenolic OH excluding ortho intramolecular Hbond substituents is 2. The van der Waals surface area contributed by atoms with Gasteiger partial charge in [-0.3, -0.25) is 19.2 Å². The first-order valence-electron chi connectivity index (χ1n) is 12.7. The van der Waals surface area contributed by atoms with Crippen LogP contribution in [0.1, 0.15) is 17.5 Å². The van der Waals surface area contributed by atoms with Gasteiger partial charge < -0.3 is 42.3 Å². The second-order valence-corrected chi connectivity index (χ2v) is 10.1. The highest BCUT2D eigenvalue weighted by atomic mass is 35.5. The van der Waals surface area contributed by atoms with E-state index in [4.69, 9.17) is 5.73 Å². The molecule has 13 nitrogen and oxygen atoms in total. The summed E-state index contributed by atoms with van der Waals surface area (Å²) in [5.74, 6) is -3.32. The minimum absolute atomic E-state index is 0. The molecule has 0 fully saturated rings. The Morgan fingerprint density at radius 3 is 1.81 bits per heavy atom. The Balaban J connectivity index is 0.00000882. The molecule has 3 atom stereocenters. The minimum Gasteiger partial charge on any atom is -0.508 e. The van der Waals surface area contributed by atoms with E-state index in [9.17, 15) is 39.3 Å². The molecule has 0 bridgehead atoms. The van der Waals surface area contributed by atoms with E-state index in [0.29, 0.717) is 11.3 Å². The van der Waals surface area contributed by atoms with Crippen molar-refractivity contribution >= 4 is 53.8 Å². The largest absolute Gasteiger partial charge is 0.508 e. The van der Waals surface area contributed by atoms with Crippen molar-refractivity contribution in [1.82, 2.24) is 21.3 Å². The van der Waals surface area contributed by atoms with Gasteiger partial charge in [0.2, 0.25) is 23.6 Å². The molecule has 0 heterocycles. The molecule has 0 radical (unpaired) electrons. The third kappa shape index (κ3) is 13.1. The van der Waals surface area contributed by atoms with E-state index in [1.807, 2.05) is 0 Å². The van der Waals surface area contributed by atoms with E-state index >= 15 is 0 Å². The average Bonchev–Trinajstić information content (AvgIpc) is 2.94. The van der Waals surface area contributed by atoms with Gasteiger partial charge in [-0.15, -0.1) is 12.4 Å². The molecule has 4 amide bonds. The number of hydrogen-bond acceptors (Lipinski definition) is 9. The summed E-state index contributed by atoms with van der Waals surface area (Å²) in [6.45, 7) is -0.953. The summed E-state index contributed by atoms with van der Waals surface area (Å²) >= 11 is 1.42. The topological polar surface area (TPSA) is 220 Å². The molecule has 0 saturated heterocycles. The van der Waals surface area contributed by atoms with Crippen molar-refractivity contribution in [2.45, 2.75) is 37.4 Å². The van der Waals surface area contributed by atoms with Crippen LogP contribution in [0, 0.1) is 0 Å². The first kappa shape index (κ1) is 36.0. The fourth-order valence-corrected chi connectivity index (χ4v) is 4.08. The van der Waals surface area contributed by atoms with Crippen molar-refractivity contribution in [2.75, 3.05) is 25.1 Å². The molecule has 9 N–H and O–H groups in total. The second-order valence-electron chi connectivity index (χ2n) is 9.14. The summed E-state index contributed by atoms with van der Waals surface area (Å²) < 4.78 is 0. The number of nitrogens with one attached hydrogen (secondary N) is 4. The number of hydrogen-bond donors (Lipinski definition) is 8. The molecular weight excluding hydrogens is 590 g/mol. The van der Waals surface area contributed by atoms with Crippen LogP contribution < -0.4 is 27.0 Å². The van der Waals surface area contributed by atoms with Crippen LogP contribution in [0.25, 0.3) is 0 Å². The van der Waals surface area contributed by atoms with E-state index in [1.54, 1.807) is 30.5 Å². The molecule has 0 unspecified atom stereocenters. The maximum atomic E-state index is 13.0. The molecule has 2 rings (SSSR count). The average molecular weight is 626 g/mol. The van der Waals surface area contributed by atoms with Gasteiger partial charge in [0.25, 0.3) is 0 Å². The van der Waals surface area contributed by atoms with E-state index in [-0.39, 0.29) is 43.2 Å². The van der Waals surface area contributed by atoms with Gasteiger partial charge >= 0.3 is 5.97 Å². The highest BCUT2D eigenvalue weighted by molar-refractivity contribution is 7.98. The Morgan fingerprint density at radius 2 is 1.29 bits per heavy atom. The van der Waals surface area contributed by atoms with Gasteiger partial charge in [0.15, 0.2) is 0 Å². The first-order chi connectivity index (χ1) is 19.5. The van der Waals surface area contributed by atoms with Crippen LogP contribution in [-0.2, 0) is 36.8 Å². The van der Waals surface area contributed by atoms with Gasteiger partial charge in [-0.1, -0.05) is 24.3 Å². The number of carboxylic acid groups (broad SMARTS) is 1. The lowest BCUT2D eigenvalue weighted by Gasteiger charge is -2.22. The van der Waals surface area contributed by atoms with Crippen LogP contribution in [0.15, 0.2) is 48.5 Å². The van der Waals surface area contributed by atoms with Crippen LogP contribution >= 0.6 is 24.2 Å². The van der Waals surface area contributed by atoms with Crippen LogP contribution in [0.3, 0.4) is 0 Å². The van der Waals surface area contributed by atoms with Crippen molar-refractivity contribution in [1.29, 1.82) is 0 Å². The normalized spacial score (nSPS) is 12.5. The van der Waals surface area contributed by atoms with Gasteiger partial charge in [0.05, 0.1) is 19.1 Å². The van der Waals surface area contributed by atoms with Crippen LogP contribution in [0.2, 0.25) is 0 Å². The maximum Gasteiger partial charge on any atom is 0.326 e. The molecule has 0 saturated carbocycles. The van der Waals surface area contributed by atoms with Crippen molar-refractivity contribution in [3.63, 3.8) is 0 Å². The van der Waals surface area contributed by atoms with E-state index in [0.717, 1.165) is 5.56 Å². The molecule has 0 aromatic heterocycles. The minimum atomic E-state index is -1.21. The number of aliphatic carboxylic acids is 1. The Kier molecular flexibility index (Phi) is 15.8. The van der Waals surface area contributed by atoms with Crippen LogP contribution in [0.4, 0.5) is 0 Å². The third-order valence-corrected chi connectivity index (χ3v) is 6.50. The zero-order valence-electron chi connectivity index (χ0n) is 22.9. The summed E-state index contributed by atoms with van der Waals surface area (Å²) in [5, 5.41) is 38.0. The van der Waals surface area contributed by atoms with Crippen LogP contribution in [0.5, 0.6) is 11.5 Å². The zero-order valence-corrected chi connectivity index (χ0v) is 24.5. The molecule has 0 aliphatic rings. The van der Waals surface area contributed by atoms with Crippen molar-refractivity contribution < 1.29 is 39.3 Å². The number of aromatic hydroxyl groups is 2. The molecule has 0 aliphatic heterocycles. The molecule has 42 heavy (non-hydrogen) atoms. The predicted octanol–water partition coefficient (Wildman–Crippen LogP) is -0.328. The number of carboxylic acids is 1. The number of phenols is 2. The highest BCUT2D eigenvalue weighted by Crippen LogP contribution is 2.12. The van der Waals surface area contributed by atoms with E-state index in [1.165, 1.54) is 36.0 Å². The molecule has 0 aliphatic carbocycles. The van der Waals surface area contributed by atoms with Crippen molar-refractivity contribution in [3.05, 3.63) is 59.7 Å². The number of nitrogens with two attached hydrogens (primary N) is 1. The first-order valence-corrected chi connectivity index (χ1v) is 14.0.